The molecule has 2 rings (SSSR count). The van der Waals surface area contributed by atoms with Crippen molar-refractivity contribution in [3.8, 4) is 0 Å². The Balaban J connectivity index is 2.26. The molecular weight excluding hydrogens is 266 g/mol. The number of aryl methyl sites for hydroxylation is 1. The fraction of sp³-hybridized carbons (Fsp3) is 0.765. The van der Waals surface area contributed by atoms with Gasteiger partial charge in [0.1, 0.15) is 0 Å². The standard InChI is InChI=1S/C17H29NOS/c1-5-11-18-16(15-14(3)8-12-20-15)17(19-4)9-6-13(2)7-10-17/h8,12-13,16,18H,5-7,9-11H2,1-4H3. The zero-order valence-electron chi connectivity index (χ0n) is 13.4. The second-order valence-corrected chi connectivity index (χ2v) is 7.25. The van der Waals surface area contributed by atoms with Gasteiger partial charge < -0.3 is 10.1 Å². The maximum absolute atomic E-state index is 6.11. The molecule has 1 atom stereocenters. The Morgan fingerprint density at radius 3 is 2.65 bits per heavy atom. The average Bonchev–Trinajstić information content (AvgIpc) is 2.88. The summed E-state index contributed by atoms with van der Waals surface area (Å²) < 4.78 is 6.11. The Bertz CT molecular complexity index is 407. The number of rotatable bonds is 6. The minimum absolute atomic E-state index is 0.0166. The molecule has 2 nitrogen and oxygen atoms in total. The predicted octanol–water partition coefficient (Wildman–Crippen LogP) is 4.69. The van der Waals surface area contributed by atoms with E-state index >= 15 is 0 Å². The van der Waals surface area contributed by atoms with Crippen LogP contribution >= 0.6 is 11.3 Å². The van der Waals surface area contributed by atoms with E-state index in [1.807, 2.05) is 18.4 Å². The van der Waals surface area contributed by atoms with Gasteiger partial charge in [0.15, 0.2) is 0 Å². The van der Waals surface area contributed by atoms with Crippen molar-refractivity contribution in [1.82, 2.24) is 5.32 Å². The molecule has 1 aromatic heterocycles. The van der Waals surface area contributed by atoms with Crippen LogP contribution in [-0.4, -0.2) is 19.3 Å². The monoisotopic (exact) mass is 295 g/mol. The van der Waals surface area contributed by atoms with Gasteiger partial charge in [0.2, 0.25) is 0 Å². The number of hydrogen-bond donors (Lipinski definition) is 1. The van der Waals surface area contributed by atoms with Gasteiger partial charge in [-0.05, 0) is 68.5 Å². The third-order valence-corrected chi connectivity index (χ3v) is 5.90. The minimum atomic E-state index is -0.0166. The molecular formula is C17H29NOS. The highest BCUT2D eigenvalue weighted by molar-refractivity contribution is 7.10. The first-order valence-electron chi connectivity index (χ1n) is 7.95. The third kappa shape index (κ3) is 3.26. The Morgan fingerprint density at radius 2 is 2.15 bits per heavy atom. The maximum Gasteiger partial charge on any atom is 0.0880 e. The van der Waals surface area contributed by atoms with Crippen molar-refractivity contribution >= 4 is 11.3 Å². The van der Waals surface area contributed by atoms with E-state index in [4.69, 9.17) is 4.74 Å². The Labute approximate surface area is 127 Å². The van der Waals surface area contributed by atoms with Crippen LogP contribution in [0.4, 0.5) is 0 Å². The molecule has 114 valence electrons. The van der Waals surface area contributed by atoms with Crippen molar-refractivity contribution in [3.05, 3.63) is 21.9 Å². The number of ether oxygens (including phenoxy) is 1. The molecule has 0 aliphatic heterocycles. The molecule has 1 aliphatic rings. The molecule has 0 aromatic carbocycles. The van der Waals surface area contributed by atoms with Gasteiger partial charge >= 0.3 is 0 Å². The van der Waals surface area contributed by atoms with Gasteiger partial charge in [-0.25, -0.2) is 0 Å². The first-order valence-corrected chi connectivity index (χ1v) is 8.83. The number of nitrogens with one attached hydrogen (secondary N) is 1. The first-order chi connectivity index (χ1) is 9.63. The molecule has 1 heterocycles. The Morgan fingerprint density at radius 1 is 1.45 bits per heavy atom. The number of thiophene rings is 1. The fourth-order valence-electron chi connectivity index (χ4n) is 3.35. The molecule has 0 radical (unpaired) electrons. The van der Waals surface area contributed by atoms with Crippen LogP contribution < -0.4 is 5.32 Å². The molecule has 0 saturated heterocycles. The van der Waals surface area contributed by atoms with Crippen LogP contribution in [0.25, 0.3) is 0 Å². The van der Waals surface area contributed by atoms with Crippen LogP contribution in [0.5, 0.6) is 0 Å². The smallest absolute Gasteiger partial charge is 0.0880 e. The lowest BCUT2D eigenvalue weighted by atomic mass is 9.74. The van der Waals surface area contributed by atoms with Crippen molar-refractivity contribution < 1.29 is 4.74 Å². The highest BCUT2D eigenvalue weighted by Crippen LogP contribution is 2.44. The summed E-state index contributed by atoms with van der Waals surface area (Å²) in [6, 6.07) is 2.58. The van der Waals surface area contributed by atoms with Crippen LogP contribution in [0.1, 0.15) is 62.4 Å². The second kappa shape index (κ2) is 7.06. The van der Waals surface area contributed by atoms with E-state index in [0.29, 0.717) is 6.04 Å². The molecule has 3 heteroatoms. The Kier molecular flexibility index (Phi) is 5.65. The van der Waals surface area contributed by atoms with Crippen molar-refractivity contribution in [3.63, 3.8) is 0 Å². The van der Waals surface area contributed by atoms with E-state index in [1.54, 1.807) is 0 Å². The lowest BCUT2D eigenvalue weighted by Crippen LogP contribution is -2.48. The zero-order valence-corrected chi connectivity index (χ0v) is 14.2. The van der Waals surface area contributed by atoms with E-state index < -0.39 is 0 Å². The molecule has 0 amide bonds. The summed E-state index contributed by atoms with van der Waals surface area (Å²) in [5.41, 5.74) is 1.38. The summed E-state index contributed by atoms with van der Waals surface area (Å²) in [6.45, 7) is 7.88. The maximum atomic E-state index is 6.11. The largest absolute Gasteiger partial charge is 0.376 e. The second-order valence-electron chi connectivity index (χ2n) is 6.31. The first kappa shape index (κ1) is 16.0. The Hall–Kier alpha value is -0.380. The molecule has 0 bridgehead atoms. The lowest BCUT2D eigenvalue weighted by Gasteiger charge is -2.44. The number of hydrogen-bond acceptors (Lipinski definition) is 3. The van der Waals surface area contributed by atoms with Crippen LogP contribution in [0.2, 0.25) is 0 Å². The quantitative estimate of drug-likeness (QED) is 0.822. The third-order valence-electron chi connectivity index (χ3n) is 4.82. The van der Waals surface area contributed by atoms with E-state index in [1.165, 1.54) is 36.1 Å². The molecule has 20 heavy (non-hydrogen) atoms. The van der Waals surface area contributed by atoms with Crippen molar-refractivity contribution in [1.29, 1.82) is 0 Å². The molecule has 1 N–H and O–H groups in total. The lowest BCUT2D eigenvalue weighted by molar-refractivity contribution is -0.0753. The molecule has 1 fully saturated rings. The van der Waals surface area contributed by atoms with Crippen LogP contribution in [0.3, 0.4) is 0 Å². The summed E-state index contributed by atoms with van der Waals surface area (Å²) in [7, 11) is 1.90. The SMILES string of the molecule is CCCNC(c1sccc1C)C1(OC)CCC(C)CC1. The van der Waals surface area contributed by atoms with Gasteiger partial charge in [-0.15, -0.1) is 11.3 Å². The zero-order chi connectivity index (χ0) is 14.6. The van der Waals surface area contributed by atoms with Crippen LogP contribution in [0, 0.1) is 12.8 Å². The molecule has 1 aromatic rings. The normalized spacial score (nSPS) is 28.5. The van der Waals surface area contributed by atoms with Crippen molar-refractivity contribution in [2.75, 3.05) is 13.7 Å². The van der Waals surface area contributed by atoms with Gasteiger partial charge in [-0.3, -0.25) is 0 Å². The van der Waals surface area contributed by atoms with Crippen molar-refractivity contribution in [2.24, 2.45) is 5.92 Å². The van der Waals surface area contributed by atoms with Gasteiger partial charge in [0.25, 0.3) is 0 Å². The summed E-state index contributed by atoms with van der Waals surface area (Å²) >= 11 is 1.87. The van der Waals surface area contributed by atoms with Gasteiger partial charge in [0, 0.05) is 12.0 Å². The van der Waals surface area contributed by atoms with E-state index in [0.717, 1.165) is 18.9 Å². The van der Waals surface area contributed by atoms with E-state index in [9.17, 15) is 0 Å². The average molecular weight is 295 g/mol. The summed E-state index contributed by atoms with van der Waals surface area (Å²) in [5, 5.41) is 5.98. The van der Waals surface area contributed by atoms with E-state index in [-0.39, 0.29) is 5.60 Å². The van der Waals surface area contributed by atoms with Crippen molar-refractivity contribution in [2.45, 2.75) is 64.5 Å². The molecule has 1 unspecified atom stereocenters. The fourth-order valence-corrected chi connectivity index (χ4v) is 4.45. The summed E-state index contributed by atoms with van der Waals surface area (Å²) in [6.07, 6.45) is 6.06. The molecule has 0 spiro atoms. The molecule has 1 saturated carbocycles. The highest BCUT2D eigenvalue weighted by atomic mass is 32.1. The topological polar surface area (TPSA) is 21.3 Å². The minimum Gasteiger partial charge on any atom is -0.376 e. The van der Waals surface area contributed by atoms with Gasteiger partial charge in [0.05, 0.1) is 11.6 Å². The van der Waals surface area contributed by atoms with Crippen LogP contribution in [0.15, 0.2) is 11.4 Å². The predicted molar refractivity (Wildman–Crippen MR) is 87.5 cm³/mol. The van der Waals surface area contributed by atoms with Gasteiger partial charge in [-0.2, -0.15) is 0 Å². The summed E-state index contributed by atoms with van der Waals surface area (Å²) in [4.78, 5) is 1.47. The van der Waals surface area contributed by atoms with E-state index in [2.05, 4.69) is 37.5 Å². The highest BCUT2D eigenvalue weighted by Gasteiger charge is 2.43. The van der Waals surface area contributed by atoms with Crippen LogP contribution in [-0.2, 0) is 4.74 Å². The summed E-state index contributed by atoms with van der Waals surface area (Å²) in [5.74, 6) is 0.842. The number of methoxy groups -OCH3 is 1. The molecule has 1 aliphatic carbocycles. The van der Waals surface area contributed by atoms with Gasteiger partial charge in [-0.1, -0.05) is 13.8 Å².